The summed E-state index contributed by atoms with van der Waals surface area (Å²) in [5.41, 5.74) is 1.52. The van der Waals surface area contributed by atoms with Crippen LogP contribution in [0.3, 0.4) is 0 Å². The molecule has 0 aliphatic carbocycles. The van der Waals surface area contributed by atoms with Gasteiger partial charge in [0.1, 0.15) is 0 Å². The van der Waals surface area contributed by atoms with E-state index in [-0.39, 0.29) is 5.78 Å². The maximum atomic E-state index is 11.8. The molecular weight excluding hydrogens is 236 g/mol. The highest BCUT2D eigenvalue weighted by molar-refractivity contribution is 6.04. The number of hydrogen-bond donors (Lipinski definition) is 1. The van der Waals surface area contributed by atoms with Gasteiger partial charge in [-0.3, -0.25) is 4.79 Å². The first kappa shape index (κ1) is 13.2. The molecule has 2 heteroatoms. The van der Waals surface area contributed by atoms with E-state index in [0.717, 1.165) is 5.56 Å². The molecule has 96 valence electrons. The van der Waals surface area contributed by atoms with Crippen molar-refractivity contribution in [3.05, 3.63) is 83.9 Å². The van der Waals surface area contributed by atoms with E-state index < -0.39 is 6.10 Å². The Bertz CT molecular complexity index is 544. The number of aliphatic hydroxyl groups excluding tert-OH is 1. The smallest absolute Gasteiger partial charge is 0.185 e. The first-order valence-electron chi connectivity index (χ1n) is 6.26. The van der Waals surface area contributed by atoms with Crippen LogP contribution in [-0.4, -0.2) is 10.9 Å². The fourth-order valence-electron chi connectivity index (χ4n) is 1.81. The zero-order valence-electron chi connectivity index (χ0n) is 10.6. The SMILES string of the molecule is O=C(C=CC[C@@H](O)c1ccccc1)c1ccccc1. The van der Waals surface area contributed by atoms with Crippen molar-refractivity contribution in [1.29, 1.82) is 0 Å². The molecule has 0 bridgehead atoms. The Balaban J connectivity index is 1.92. The zero-order valence-corrected chi connectivity index (χ0v) is 10.6. The standard InChI is InChI=1S/C17H16O2/c18-16(14-8-3-1-4-9-14)12-7-13-17(19)15-10-5-2-6-11-15/h1-12,17,19H,13H2/t17-/m1/s1. The minimum Gasteiger partial charge on any atom is -0.388 e. The number of benzene rings is 2. The van der Waals surface area contributed by atoms with Crippen LogP contribution in [0, 0.1) is 0 Å². The van der Waals surface area contributed by atoms with Crippen molar-refractivity contribution in [1.82, 2.24) is 0 Å². The van der Waals surface area contributed by atoms with E-state index in [1.165, 1.54) is 6.08 Å². The number of ketones is 1. The lowest BCUT2D eigenvalue weighted by atomic mass is 10.1. The molecule has 0 heterocycles. The zero-order chi connectivity index (χ0) is 13.5. The molecule has 0 amide bonds. The Morgan fingerprint density at radius 2 is 1.58 bits per heavy atom. The van der Waals surface area contributed by atoms with Crippen molar-refractivity contribution in [2.45, 2.75) is 12.5 Å². The predicted molar refractivity (Wildman–Crippen MR) is 75.9 cm³/mol. The monoisotopic (exact) mass is 252 g/mol. The molecular formula is C17H16O2. The summed E-state index contributed by atoms with van der Waals surface area (Å²) >= 11 is 0. The summed E-state index contributed by atoms with van der Waals surface area (Å²) < 4.78 is 0. The van der Waals surface area contributed by atoms with Crippen molar-refractivity contribution in [2.75, 3.05) is 0 Å². The highest BCUT2D eigenvalue weighted by atomic mass is 16.3. The highest BCUT2D eigenvalue weighted by Crippen LogP contribution is 2.16. The summed E-state index contributed by atoms with van der Waals surface area (Å²) in [6.07, 6.45) is 3.10. The Kier molecular flexibility index (Phi) is 4.65. The van der Waals surface area contributed by atoms with Gasteiger partial charge < -0.3 is 5.11 Å². The Morgan fingerprint density at radius 1 is 1.00 bits per heavy atom. The number of carbonyl (C=O) groups excluding carboxylic acids is 1. The third-order valence-electron chi connectivity index (χ3n) is 2.87. The second-order valence-electron chi connectivity index (χ2n) is 4.29. The topological polar surface area (TPSA) is 37.3 Å². The van der Waals surface area contributed by atoms with Crippen molar-refractivity contribution in [3.63, 3.8) is 0 Å². The molecule has 19 heavy (non-hydrogen) atoms. The maximum absolute atomic E-state index is 11.8. The van der Waals surface area contributed by atoms with E-state index in [9.17, 15) is 9.90 Å². The van der Waals surface area contributed by atoms with Crippen LogP contribution in [0.4, 0.5) is 0 Å². The van der Waals surface area contributed by atoms with Gasteiger partial charge in [-0.05, 0) is 18.1 Å². The van der Waals surface area contributed by atoms with Crippen LogP contribution in [0.25, 0.3) is 0 Å². The van der Waals surface area contributed by atoms with Gasteiger partial charge in [0, 0.05) is 5.56 Å². The molecule has 2 aromatic rings. The van der Waals surface area contributed by atoms with Crippen LogP contribution in [0.5, 0.6) is 0 Å². The van der Waals surface area contributed by atoms with Crippen LogP contribution in [0.1, 0.15) is 28.4 Å². The van der Waals surface area contributed by atoms with Gasteiger partial charge in [0.2, 0.25) is 0 Å². The lowest BCUT2D eigenvalue weighted by molar-refractivity contribution is 0.104. The molecule has 2 rings (SSSR count). The molecule has 1 atom stereocenters. The Hall–Kier alpha value is -2.19. The molecule has 0 aliphatic heterocycles. The number of aliphatic hydroxyl groups is 1. The molecule has 1 N–H and O–H groups in total. The summed E-state index contributed by atoms with van der Waals surface area (Å²) in [4.78, 5) is 11.8. The summed E-state index contributed by atoms with van der Waals surface area (Å²) in [6.45, 7) is 0. The van der Waals surface area contributed by atoms with Crippen LogP contribution in [0.2, 0.25) is 0 Å². The van der Waals surface area contributed by atoms with Crippen LogP contribution in [0.15, 0.2) is 72.8 Å². The average Bonchev–Trinajstić information content (AvgIpc) is 2.49. The number of hydrogen-bond acceptors (Lipinski definition) is 2. The van der Waals surface area contributed by atoms with Crippen molar-refractivity contribution in [2.24, 2.45) is 0 Å². The highest BCUT2D eigenvalue weighted by Gasteiger charge is 2.05. The Morgan fingerprint density at radius 3 is 2.21 bits per heavy atom. The van der Waals surface area contributed by atoms with E-state index in [1.807, 2.05) is 48.5 Å². The number of rotatable bonds is 5. The van der Waals surface area contributed by atoms with E-state index in [2.05, 4.69) is 0 Å². The van der Waals surface area contributed by atoms with Gasteiger partial charge in [0.05, 0.1) is 6.10 Å². The molecule has 0 radical (unpaired) electrons. The minimum atomic E-state index is -0.568. The molecule has 2 nitrogen and oxygen atoms in total. The van der Waals surface area contributed by atoms with Gasteiger partial charge >= 0.3 is 0 Å². The fourth-order valence-corrected chi connectivity index (χ4v) is 1.81. The van der Waals surface area contributed by atoms with E-state index in [4.69, 9.17) is 0 Å². The van der Waals surface area contributed by atoms with Crippen molar-refractivity contribution in [3.8, 4) is 0 Å². The largest absolute Gasteiger partial charge is 0.388 e. The molecule has 0 saturated heterocycles. The summed E-state index contributed by atoms with van der Waals surface area (Å²) in [5, 5.41) is 9.94. The second kappa shape index (κ2) is 6.66. The molecule has 0 saturated carbocycles. The van der Waals surface area contributed by atoms with Gasteiger partial charge in [0.15, 0.2) is 5.78 Å². The quantitative estimate of drug-likeness (QED) is 0.652. The third kappa shape index (κ3) is 3.90. The van der Waals surface area contributed by atoms with E-state index in [1.54, 1.807) is 18.2 Å². The summed E-state index contributed by atoms with van der Waals surface area (Å²) in [5.74, 6) is -0.0409. The average molecular weight is 252 g/mol. The lowest BCUT2D eigenvalue weighted by Gasteiger charge is -2.07. The van der Waals surface area contributed by atoms with Crippen molar-refractivity contribution >= 4 is 5.78 Å². The fraction of sp³-hybridized carbons (Fsp3) is 0.118. The first-order chi connectivity index (χ1) is 9.27. The number of carbonyl (C=O) groups is 1. The Labute approximate surface area is 113 Å². The van der Waals surface area contributed by atoms with Crippen molar-refractivity contribution < 1.29 is 9.90 Å². The molecule has 2 aromatic carbocycles. The molecule has 0 unspecified atom stereocenters. The van der Waals surface area contributed by atoms with Gasteiger partial charge in [-0.2, -0.15) is 0 Å². The third-order valence-corrected chi connectivity index (χ3v) is 2.87. The van der Waals surface area contributed by atoms with E-state index in [0.29, 0.717) is 12.0 Å². The maximum Gasteiger partial charge on any atom is 0.185 e. The normalized spacial score (nSPS) is 12.5. The minimum absolute atomic E-state index is 0.0409. The van der Waals surface area contributed by atoms with E-state index >= 15 is 0 Å². The predicted octanol–water partition coefficient (Wildman–Crippen LogP) is 3.55. The van der Waals surface area contributed by atoms with Gasteiger partial charge in [0.25, 0.3) is 0 Å². The summed E-state index contributed by atoms with van der Waals surface area (Å²) in [7, 11) is 0. The van der Waals surface area contributed by atoms with Gasteiger partial charge in [-0.1, -0.05) is 66.7 Å². The second-order valence-corrected chi connectivity index (χ2v) is 4.29. The number of allylic oxidation sites excluding steroid dienone is 1. The lowest BCUT2D eigenvalue weighted by Crippen LogP contribution is -1.97. The summed E-state index contributed by atoms with van der Waals surface area (Å²) in [6, 6.07) is 18.5. The molecule has 0 aromatic heterocycles. The van der Waals surface area contributed by atoms with Gasteiger partial charge in [-0.15, -0.1) is 0 Å². The first-order valence-corrected chi connectivity index (χ1v) is 6.26. The van der Waals surface area contributed by atoms with Gasteiger partial charge in [-0.25, -0.2) is 0 Å². The van der Waals surface area contributed by atoms with Crippen LogP contribution >= 0.6 is 0 Å². The molecule has 0 fully saturated rings. The molecule has 0 aliphatic rings. The van der Waals surface area contributed by atoms with Crippen LogP contribution in [-0.2, 0) is 0 Å². The molecule has 0 spiro atoms. The van der Waals surface area contributed by atoms with Crippen LogP contribution < -0.4 is 0 Å².